The lowest BCUT2D eigenvalue weighted by Crippen LogP contribution is -2.17. The smallest absolute Gasteiger partial charge is 0.270 e. The second-order valence-electron chi connectivity index (χ2n) is 2.76. The molecule has 0 atom stereocenters. The van der Waals surface area contributed by atoms with Gasteiger partial charge < -0.3 is 11.1 Å². The van der Waals surface area contributed by atoms with Crippen LogP contribution in [0, 0.1) is 0 Å². The van der Waals surface area contributed by atoms with Crippen molar-refractivity contribution in [1.29, 1.82) is 0 Å². The molecule has 0 fully saturated rings. The third-order valence-corrected chi connectivity index (χ3v) is 2.65. The molecule has 0 spiro atoms. The van der Waals surface area contributed by atoms with Crippen molar-refractivity contribution in [2.24, 2.45) is 5.73 Å². The van der Waals surface area contributed by atoms with Gasteiger partial charge in [-0.05, 0) is 11.4 Å². The summed E-state index contributed by atoms with van der Waals surface area (Å²) in [6.07, 6.45) is 0. The van der Waals surface area contributed by atoms with Gasteiger partial charge in [-0.3, -0.25) is 9.78 Å². The number of aromatic amines is 1. The summed E-state index contributed by atoms with van der Waals surface area (Å²) in [6.45, 7) is 1.10. The van der Waals surface area contributed by atoms with Gasteiger partial charge in [0.1, 0.15) is 4.70 Å². The van der Waals surface area contributed by atoms with Crippen LogP contribution in [0.4, 0.5) is 5.95 Å². The van der Waals surface area contributed by atoms with Crippen LogP contribution in [0.25, 0.3) is 10.2 Å². The van der Waals surface area contributed by atoms with E-state index in [1.54, 1.807) is 0 Å². The van der Waals surface area contributed by atoms with E-state index in [1.807, 2.05) is 11.4 Å². The number of nitrogens with one attached hydrogen (secondary N) is 2. The number of rotatable bonds is 3. The van der Waals surface area contributed by atoms with E-state index in [4.69, 9.17) is 5.73 Å². The summed E-state index contributed by atoms with van der Waals surface area (Å²) in [4.78, 5) is 18.3. The molecule has 0 amide bonds. The van der Waals surface area contributed by atoms with Gasteiger partial charge >= 0.3 is 0 Å². The molecule has 0 aromatic carbocycles. The highest BCUT2D eigenvalue weighted by Gasteiger charge is 2.03. The summed E-state index contributed by atoms with van der Waals surface area (Å²) in [7, 11) is 0. The molecular weight excluding hydrogens is 200 g/mol. The lowest BCUT2D eigenvalue weighted by molar-refractivity contribution is 0.991. The Balaban J connectivity index is 2.43. The number of nitrogens with two attached hydrogens (primary N) is 1. The number of H-pyrrole nitrogens is 1. The molecule has 6 heteroatoms. The molecule has 0 saturated carbocycles. The van der Waals surface area contributed by atoms with Crippen LogP contribution >= 0.6 is 11.3 Å². The minimum atomic E-state index is -0.107. The molecule has 0 aliphatic heterocycles. The molecule has 2 heterocycles. The standard InChI is InChI=1S/C8H10N4OS/c9-2-3-10-8-11-5-1-4-14-6(5)7(13)12-8/h1,4H,2-3,9H2,(H2,10,11,12,13). The van der Waals surface area contributed by atoms with Gasteiger partial charge in [0.15, 0.2) is 0 Å². The quantitative estimate of drug-likeness (QED) is 0.682. The first-order valence-corrected chi connectivity index (χ1v) is 5.10. The first kappa shape index (κ1) is 9.17. The fourth-order valence-corrected chi connectivity index (χ4v) is 1.87. The van der Waals surface area contributed by atoms with Gasteiger partial charge in [-0.2, -0.15) is 0 Å². The molecule has 2 aromatic rings. The van der Waals surface area contributed by atoms with Gasteiger partial charge in [-0.1, -0.05) is 0 Å². The monoisotopic (exact) mass is 210 g/mol. The average molecular weight is 210 g/mol. The Kier molecular flexibility index (Phi) is 2.47. The molecule has 0 aliphatic rings. The number of nitrogens with zero attached hydrogens (tertiary/aromatic N) is 1. The van der Waals surface area contributed by atoms with Crippen molar-refractivity contribution in [3.8, 4) is 0 Å². The minimum absolute atomic E-state index is 0.107. The normalized spacial score (nSPS) is 10.6. The van der Waals surface area contributed by atoms with Crippen LogP contribution in [0.5, 0.6) is 0 Å². The van der Waals surface area contributed by atoms with Crippen LogP contribution in [0.15, 0.2) is 16.2 Å². The number of anilines is 1. The first-order chi connectivity index (χ1) is 6.81. The van der Waals surface area contributed by atoms with Gasteiger partial charge in [0, 0.05) is 13.1 Å². The van der Waals surface area contributed by atoms with Crippen LogP contribution < -0.4 is 16.6 Å². The van der Waals surface area contributed by atoms with E-state index < -0.39 is 0 Å². The Labute approximate surface area is 84.0 Å². The van der Waals surface area contributed by atoms with Gasteiger partial charge in [-0.15, -0.1) is 11.3 Å². The summed E-state index contributed by atoms with van der Waals surface area (Å²) < 4.78 is 0.656. The molecule has 74 valence electrons. The average Bonchev–Trinajstić information content (AvgIpc) is 2.63. The van der Waals surface area contributed by atoms with E-state index in [0.29, 0.717) is 23.7 Å². The highest BCUT2D eigenvalue weighted by atomic mass is 32.1. The second-order valence-corrected chi connectivity index (χ2v) is 3.68. The fourth-order valence-electron chi connectivity index (χ4n) is 1.15. The molecule has 0 bridgehead atoms. The summed E-state index contributed by atoms with van der Waals surface area (Å²) in [5.74, 6) is 0.478. The molecule has 0 radical (unpaired) electrons. The Hall–Kier alpha value is -1.40. The van der Waals surface area contributed by atoms with E-state index in [-0.39, 0.29) is 5.56 Å². The van der Waals surface area contributed by atoms with E-state index in [2.05, 4.69) is 15.3 Å². The van der Waals surface area contributed by atoms with Crippen molar-refractivity contribution in [2.75, 3.05) is 18.4 Å². The van der Waals surface area contributed by atoms with E-state index in [9.17, 15) is 4.79 Å². The van der Waals surface area contributed by atoms with E-state index in [1.165, 1.54) is 11.3 Å². The van der Waals surface area contributed by atoms with Crippen molar-refractivity contribution in [1.82, 2.24) is 9.97 Å². The lowest BCUT2D eigenvalue weighted by atomic mass is 10.5. The summed E-state index contributed by atoms with van der Waals surface area (Å²) in [5.41, 5.74) is 5.94. The maximum Gasteiger partial charge on any atom is 0.270 e. The Bertz CT molecular complexity index is 489. The highest BCUT2D eigenvalue weighted by Crippen LogP contribution is 2.14. The van der Waals surface area contributed by atoms with Crippen LogP contribution in [0.2, 0.25) is 0 Å². The Morgan fingerprint density at radius 3 is 3.29 bits per heavy atom. The Morgan fingerprint density at radius 1 is 1.64 bits per heavy atom. The largest absolute Gasteiger partial charge is 0.354 e. The second kappa shape index (κ2) is 3.77. The molecule has 2 rings (SSSR count). The molecule has 14 heavy (non-hydrogen) atoms. The number of hydrogen-bond acceptors (Lipinski definition) is 5. The van der Waals surface area contributed by atoms with Gasteiger partial charge in [0.2, 0.25) is 5.95 Å². The third kappa shape index (κ3) is 1.61. The van der Waals surface area contributed by atoms with Crippen molar-refractivity contribution < 1.29 is 0 Å². The van der Waals surface area contributed by atoms with Crippen molar-refractivity contribution in [2.45, 2.75) is 0 Å². The zero-order valence-corrected chi connectivity index (χ0v) is 8.23. The van der Waals surface area contributed by atoms with Crippen LogP contribution in [-0.2, 0) is 0 Å². The molecule has 5 nitrogen and oxygen atoms in total. The summed E-state index contributed by atoms with van der Waals surface area (Å²) in [6, 6.07) is 1.82. The first-order valence-electron chi connectivity index (χ1n) is 4.22. The molecule has 2 aromatic heterocycles. The van der Waals surface area contributed by atoms with Gasteiger partial charge in [0.05, 0.1) is 5.52 Å². The lowest BCUT2D eigenvalue weighted by Gasteiger charge is -2.02. The fraction of sp³-hybridized carbons (Fsp3) is 0.250. The molecule has 0 saturated heterocycles. The Morgan fingerprint density at radius 2 is 2.50 bits per heavy atom. The summed E-state index contributed by atoms with van der Waals surface area (Å²) in [5, 5.41) is 4.78. The topological polar surface area (TPSA) is 83.8 Å². The number of fused-ring (bicyclic) bond motifs is 1. The molecular formula is C8H10N4OS. The van der Waals surface area contributed by atoms with Crippen molar-refractivity contribution >= 4 is 27.5 Å². The van der Waals surface area contributed by atoms with Crippen molar-refractivity contribution in [3.63, 3.8) is 0 Å². The maximum atomic E-state index is 11.5. The maximum absolute atomic E-state index is 11.5. The summed E-state index contributed by atoms with van der Waals surface area (Å²) >= 11 is 1.39. The molecule has 0 unspecified atom stereocenters. The van der Waals surface area contributed by atoms with Gasteiger partial charge in [-0.25, -0.2) is 4.98 Å². The molecule has 4 N–H and O–H groups in total. The predicted octanol–water partition coefficient (Wildman–Crippen LogP) is 0.355. The zero-order valence-electron chi connectivity index (χ0n) is 7.41. The minimum Gasteiger partial charge on any atom is -0.354 e. The number of aromatic nitrogens is 2. The number of hydrogen-bond donors (Lipinski definition) is 3. The van der Waals surface area contributed by atoms with Gasteiger partial charge in [0.25, 0.3) is 5.56 Å². The number of thiophene rings is 1. The van der Waals surface area contributed by atoms with Crippen LogP contribution in [-0.4, -0.2) is 23.1 Å². The zero-order chi connectivity index (χ0) is 9.97. The predicted molar refractivity (Wildman–Crippen MR) is 57.8 cm³/mol. The highest BCUT2D eigenvalue weighted by molar-refractivity contribution is 7.17. The molecule has 0 aliphatic carbocycles. The van der Waals surface area contributed by atoms with Crippen LogP contribution in [0.3, 0.4) is 0 Å². The third-order valence-electron chi connectivity index (χ3n) is 1.75. The van der Waals surface area contributed by atoms with E-state index in [0.717, 1.165) is 5.52 Å². The SMILES string of the molecule is NCCNc1nc2ccsc2c(=O)[nH]1. The van der Waals surface area contributed by atoms with E-state index >= 15 is 0 Å². The van der Waals surface area contributed by atoms with Crippen LogP contribution in [0.1, 0.15) is 0 Å². The van der Waals surface area contributed by atoms with Crippen molar-refractivity contribution in [3.05, 3.63) is 21.8 Å².